The first kappa shape index (κ1) is 35.2. The molecule has 13 aromatic rings. The van der Waals surface area contributed by atoms with E-state index in [9.17, 15) is 0 Å². The molecule has 0 fully saturated rings. The molecule has 2 heteroatoms. The quantitative estimate of drug-likeness (QED) is 0.163. The lowest BCUT2D eigenvalue weighted by molar-refractivity contribution is 0.669. The smallest absolute Gasteiger partial charge is 0.136 e. The standard InChI is InChI=1S/C62H37NO/c1-2-16-42-41(15-1)43-17-3-4-19-45(43)47-34-31-39(35-54(47)46-20-6-5-18-44(42)46)62-52-25-9-7-23-50(52)61(51-24-8-10-26-53(51)62)38-29-32-40(33-30-38)63-57-27-13-11-21-48(57)55-37-60-56(36-58(55)63)49-22-12-14-28-59(49)64-60/h1-37H. The normalized spacial score (nSPS) is 12.1. The zero-order valence-electron chi connectivity index (χ0n) is 34.7. The molecule has 0 saturated heterocycles. The molecule has 0 unspecified atom stereocenters. The molecule has 2 heterocycles. The van der Waals surface area contributed by atoms with Gasteiger partial charge in [0.15, 0.2) is 0 Å². The van der Waals surface area contributed by atoms with E-state index < -0.39 is 0 Å². The maximum absolute atomic E-state index is 6.36. The first-order valence-electron chi connectivity index (χ1n) is 22.1. The SMILES string of the molecule is c1ccc2c(c1)-c1ccccc1-c1ccc(-c3c4ccccc4c(-c4ccc(-n5c6ccccc6c6cc7oc8ccccc8c7cc65)cc4)c4ccccc34)cc1-c1ccccc1-2. The van der Waals surface area contributed by atoms with E-state index >= 15 is 0 Å². The fourth-order valence-electron chi connectivity index (χ4n) is 11.0. The number of fused-ring (bicyclic) bond motifs is 16. The van der Waals surface area contributed by atoms with Gasteiger partial charge in [-0.1, -0.05) is 182 Å². The first-order valence-corrected chi connectivity index (χ1v) is 22.1. The van der Waals surface area contributed by atoms with Crippen molar-refractivity contribution in [3.05, 3.63) is 224 Å². The van der Waals surface area contributed by atoms with Crippen LogP contribution in [-0.2, 0) is 0 Å². The van der Waals surface area contributed by atoms with Crippen molar-refractivity contribution in [1.82, 2.24) is 4.57 Å². The summed E-state index contributed by atoms with van der Waals surface area (Å²) in [6.45, 7) is 0. The van der Waals surface area contributed by atoms with Crippen molar-refractivity contribution >= 4 is 65.3 Å². The van der Waals surface area contributed by atoms with Gasteiger partial charge in [0.1, 0.15) is 11.2 Å². The van der Waals surface area contributed by atoms with Crippen LogP contribution >= 0.6 is 0 Å². The third kappa shape index (κ3) is 5.02. The number of benzene rings is 11. The molecule has 14 rings (SSSR count). The predicted octanol–water partition coefficient (Wildman–Crippen LogP) is 17.3. The number of aromatic nitrogens is 1. The number of rotatable bonds is 3. The molecule has 0 aliphatic heterocycles. The summed E-state index contributed by atoms with van der Waals surface area (Å²) >= 11 is 0. The molecule has 11 aromatic carbocycles. The minimum Gasteiger partial charge on any atom is -0.456 e. The molecule has 2 aromatic heterocycles. The predicted molar refractivity (Wildman–Crippen MR) is 269 cm³/mol. The van der Waals surface area contributed by atoms with E-state index in [0.717, 1.165) is 27.6 Å². The van der Waals surface area contributed by atoms with Gasteiger partial charge in [0, 0.05) is 27.2 Å². The van der Waals surface area contributed by atoms with Crippen molar-refractivity contribution in [2.24, 2.45) is 0 Å². The van der Waals surface area contributed by atoms with Gasteiger partial charge in [0.2, 0.25) is 0 Å². The van der Waals surface area contributed by atoms with Crippen LogP contribution in [0.4, 0.5) is 0 Å². The Hall–Kier alpha value is -8.46. The maximum atomic E-state index is 6.36. The number of para-hydroxylation sites is 2. The van der Waals surface area contributed by atoms with Crippen LogP contribution in [0, 0.1) is 0 Å². The largest absolute Gasteiger partial charge is 0.456 e. The zero-order valence-corrected chi connectivity index (χ0v) is 34.7. The molecular weight excluding hydrogens is 775 g/mol. The van der Waals surface area contributed by atoms with E-state index in [1.807, 2.05) is 6.07 Å². The van der Waals surface area contributed by atoms with E-state index in [2.05, 4.69) is 223 Å². The molecule has 0 N–H and O–H groups in total. The monoisotopic (exact) mass is 811 g/mol. The van der Waals surface area contributed by atoms with Gasteiger partial charge in [-0.25, -0.2) is 0 Å². The Kier molecular flexibility index (Phi) is 7.43. The van der Waals surface area contributed by atoms with E-state index in [1.165, 1.54) is 110 Å². The van der Waals surface area contributed by atoms with Gasteiger partial charge in [-0.2, -0.15) is 0 Å². The molecule has 1 aliphatic carbocycles. The third-order valence-corrected chi connectivity index (χ3v) is 13.8. The zero-order chi connectivity index (χ0) is 41.9. The average Bonchev–Trinajstić information content (AvgIpc) is 3.89. The van der Waals surface area contributed by atoms with Crippen LogP contribution in [0.25, 0.3) is 138 Å². The number of nitrogens with zero attached hydrogens (tertiary/aromatic N) is 1. The van der Waals surface area contributed by atoms with Crippen molar-refractivity contribution in [2.45, 2.75) is 0 Å². The van der Waals surface area contributed by atoms with Gasteiger partial charge in [0.05, 0.1) is 11.0 Å². The van der Waals surface area contributed by atoms with E-state index in [1.54, 1.807) is 0 Å². The Morgan fingerprint density at radius 3 is 1.27 bits per heavy atom. The van der Waals surface area contributed by atoms with Crippen molar-refractivity contribution < 1.29 is 4.42 Å². The summed E-state index contributed by atoms with van der Waals surface area (Å²) in [5.41, 5.74) is 20.2. The second-order valence-electron chi connectivity index (χ2n) is 17.1. The molecule has 64 heavy (non-hydrogen) atoms. The summed E-state index contributed by atoms with van der Waals surface area (Å²) in [5.74, 6) is 0. The van der Waals surface area contributed by atoms with E-state index in [4.69, 9.17) is 4.42 Å². The maximum Gasteiger partial charge on any atom is 0.136 e. The van der Waals surface area contributed by atoms with Crippen LogP contribution in [0.2, 0.25) is 0 Å². The van der Waals surface area contributed by atoms with Crippen LogP contribution in [0.3, 0.4) is 0 Å². The summed E-state index contributed by atoms with van der Waals surface area (Å²) in [6, 6.07) is 82.6. The van der Waals surface area contributed by atoms with E-state index in [0.29, 0.717) is 0 Å². The van der Waals surface area contributed by atoms with Crippen LogP contribution in [-0.4, -0.2) is 4.57 Å². The molecule has 0 bridgehead atoms. The Morgan fingerprint density at radius 2 is 0.688 bits per heavy atom. The van der Waals surface area contributed by atoms with Gasteiger partial charge in [-0.05, 0) is 131 Å². The lowest BCUT2D eigenvalue weighted by atomic mass is 9.79. The molecule has 296 valence electrons. The number of hydrogen-bond donors (Lipinski definition) is 0. The van der Waals surface area contributed by atoms with Gasteiger partial charge < -0.3 is 8.98 Å². The van der Waals surface area contributed by atoms with Gasteiger partial charge >= 0.3 is 0 Å². The van der Waals surface area contributed by atoms with Gasteiger partial charge in [0.25, 0.3) is 0 Å². The highest BCUT2D eigenvalue weighted by Gasteiger charge is 2.24. The number of hydrogen-bond acceptors (Lipinski definition) is 1. The van der Waals surface area contributed by atoms with Crippen molar-refractivity contribution in [3.63, 3.8) is 0 Å². The van der Waals surface area contributed by atoms with Crippen molar-refractivity contribution in [2.75, 3.05) is 0 Å². The van der Waals surface area contributed by atoms with Crippen LogP contribution in [0.15, 0.2) is 229 Å². The Balaban J connectivity index is 0.963. The second kappa shape index (κ2) is 13.5. The molecule has 0 atom stereocenters. The third-order valence-electron chi connectivity index (χ3n) is 13.8. The minimum absolute atomic E-state index is 0.913. The van der Waals surface area contributed by atoms with Crippen molar-refractivity contribution in [1.29, 1.82) is 0 Å². The fourth-order valence-corrected chi connectivity index (χ4v) is 11.0. The lowest BCUT2D eigenvalue weighted by Crippen LogP contribution is -1.98. The molecular formula is C62H37NO. The fraction of sp³-hybridized carbons (Fsp3) is 0. The Labute approximate surface area is 369 Å². The minimum atomic E-state index is 0.913. The lowest BCUT2D eigenvalue weighted by Gasteiger charge is -2.24. The summed E-state index contributed by atoms with van der Waals surface area (Å²) in [5, 5.41) is 9.62. The average molecular weight is 812 g/mol. The highest BCUT2D eigenvalue weighted by atomic mass is 16.3. The highest BCUT2D eigenvalue weighted by Crippen LogP contribution is 2.50. The molecule has 1 aliphatic rings. The molecule has 2 nitrogen and oxygen atoms in total. The second-order valence-corrected chi connectivity index (χ2v) is 17.1. The summed E-state index contributed by atoms with van der Waals surface area (Å²) in [6.07, 6.45) is 0. The summed E-state index contributed by atoms with van der Waals surface area (Å²) < 4.78 is 8.77. The molecule has 0 saturated carbocycles. The highest BCUT2D eigenvalue weighted by molar-refractivity contribution is 6.22. The summed E-state index contributed by atoms with van der Waals surface area (Å²) in [4.78, 5) is 0. The van der Waals surface area contributed by atoms with Gasteiger partial charge in [-0.3, -0.25) is 0 Å². The van der Waals surface area contributed by atoms with Gasteiger partial charge in [-0.15, -0.1) is 0 Å². The molecule has 0 radical (unpaired) electrons. The Morgan fingerprint density at radius 1 is 0.250 bits per heavy atom. The Bertz CT molecular complexity index is 4010. The topological polar surface area (TPSA) is 18.1 Å². The summed E-state index contributed by atoms with van der Waals surface area (Å²) in [7, 11) is 0. The van der Waals surface area contributed by atoms with Crippen molar-refractivity contribution in [3.8, 4) is 72.4 Å². The molecule has 0 spiro atoms. The van der Waals surface area contributed by atoms with E-state index in [-0.39, 0.29) is 0 Å². The van der Waals surface area contributed by atoms with Crippen LogP contribution < -0.4 is 0 Å². The van der Waals surface area contributed by atoms with Crippen LogP contribution in [0.1, 0.15) is 0 Å². The number of furan rings is 1. The van der Waals surface area contributed by atoms with Crippen LogP contribution in [0.5, 0.6) is 0 Å². The first-order chi connectivity index (χ1) is 31.8. The molecule has 0 amide bonds.